The lowest BCUT2D eigenvalue weighted by atomic mass is 10.2. The van der Waals surface area contributed by atoms with E-state index in [1.165, 1.54) is 4.90 Å². The van der Waals surface area contributed by atoms with Gasteiger partial charge in [-0.2, -0.15) is 0 Å². The number of amides is 1. The van der Waals surface area contributed by atoms with Crippen LogP contribution in [0.2, 0.25) is 0 Å². The molecular formula is C11H14BrNO2S. The highest BCUT2D eigenvalue weighted by Gasteiger charge is 2.18. The number of aliphatic hydroxyl groups excluding tert-OH is 1. The largest absolute Gasteiger partial charge is 0.394 e. The van der Waals surface area contributed by atoms with Gasteiger partial charge in [0.1, 0.15) is 0 Å². The number of hydrogen-bond donors (Lipinski definition) is 2. The normalized spacial score (nSPS) is 12.3. The Balaban J connectivity index is 2.96. The number of carbonyl (C=O) groups excluding carboxylic acids is 1. The fourth-order valence-electron chi connectivity index (χ4n) is 1.20. The third kappa shape index (κ3) is 2.99. The zero-order valence-electron chi connectivity index (χ0n) is 9.14. The number of rotatable bonds is 3. The zero-order chi connectivity index (χ0) is 12.3. The third-order valence-electron chi connectivity index (χ3n) is 2.44. The Kier molecular flexibility index (Phi) is 4.83. The Bertz CT molecular complexity index is 398. The van der Waals surface area contributed by atoms with Crippen LogP contribution in [-0.2, 0) is 0 Å². The molecule has 0 aliphatic carbocycles. The second-order valence-electron chi connectivity index (χ2n) is 3.61. The summed E-state index contributed by atoms with van der Waals surface area (Å²) in [5.74, 6) is -0.140. The van der Waals surface area contributed by atoms with Crippen LogP contribution in [0.1, 0.15) is 17.3 Å². The summed E-state index contributed by atoms with van der Waals surface area (Å²) in [5.41, 5.74) is 0.536. The van der Waals surface area contributed by atoms with E-state index in [1.54, 1.807) is 32.2 Å². The van der Waals surface area contributed by atoms with Gasteiger partial charge in [-0.05, 0) is 25.1 Å². The van der Waals surface area contributed by atoms with Crippen LogP contribution in [0, 0.1) is 0 Å². The predicted octanol–water partition coefficient (Wildman–Crippen LogP) is 2.19. The first-order valence-electron chi connectivity index (χ1n) is 4.84. The van der Waals surface area contributed by atoms with Gasteiger partial charge in [0.15, 0.2) is 0 Å². The molecule has 0 radical (unpaired) electrons. The number of halogens is 1. The highest BCUT2D eigenvalue weighted by molar-refractivity contribution is 9.10. The van der Waals surface area contributed by atoms with Gasteiger partial charge in [-0.15, -0.1) is 12.6 Å². The SMILES string of the molecule is CC(CO)N(C)C(=O)c1ccc(Br)cc1S. The number of hydrogen-bond acceptors (Lipinski definition) is 3. The summed E-state index contributed by atoms with van der Waals surface area (Å²) in [7, 11) is 1.67. The van der Waals surface area contributed by atoms with Crippen LogP contribution in [0.25, 0.3) is 0 Å². The molecule has 1 amide bonds. The summed E-state index contributed by atoms with van der Waals surface area (Å²) >= 11 is 7.57. The third-order valence-corrected chi connectivity index (χ3v) is 3.30. The van der Waals surface area contributed by atoms with Crippen LogP contribution >= 0.6 is 28.6 Å². The Morgan fingerprint density at radius 3 is 2.75 bits per heavy atom. The molecule has 0 heterocycles. The molecule has 1 unspecified atom stereocenters. The van der Waals surface area contributed by atoms with Gasteiger partial charge >= 0.3 is 0 Å². The number of carbonyl (C=O) groups is 1. The molecule has 1 rings (SSSR count). The van der Waals surface area contributed by atoms with Gasteiger partial charge in [-0.25, -0.2) is 0 Å². The maximum absolute atomic E-state index is 12.0. The molecule has 1 N–H and O–H groups in total. The van der Waals surface area contributed by atoms with Crippen LogP contribution in [0.15, 0.2) is 27.6 Å². The standard InChI is InChI=1S/C11H14BrNO2S/c1-7(6-14)13(2)11(15)9-4-3-8(12)5-10(9)16/h3-5,7,14,16H,6H2,1-2H3. The van der Waals surface area contributed by atoms with Crippen molar-refractivity contribution in [2.45, 2.75) is 17.9 Å². The van der Waals surface area contributed by atoms with E-state index in [0.29, 0.717) is 10.5 Å². The van der Waals surface area contributed by atoms with Crippen molar-refractivity contribution >= 4 is 34.5 Å². The van der Waals surface area contributed by atoms with E-state index in [4.69, 9.17) is 5.11 Å². The maximum Gasteiger partial charge on any atom is 0.255 e. The minimum atomic E-state index is -0.205. The van der Waals surface area contributed by atoms with Crippen molar-refractivity contribution in [1.82, 2.24) is 4.90 Å². The minimum absolute atomic E-state index is 0.0549. The molecule has 0 saturated carbocycles. The highest BCUT2D eigenvalue weighted by Crippen LogP contribution is 2.21. The predicted molar refractivity (Wildman–Crippen MR) is 70.0 cm³/mol. The number of nitrogens with zero attached hydrogens (tertiary/aromatic N) is 1. The van der Waals surface area contributed by atoms with Gasteiger partial charge in [0.05, 0.1) is 18.2 Å². The lowest BCUT2D eigenvalue weighted by Gasteiger charge is -2.23. The van der Waals surface area contributed by atoms with Crippen molar-refractivity contribution in [3.05, 3.63) is 28.2 Å². The lowest BCUT2D eigenvalue weighted by molar-refractivity contribution is 0.0679. The molecule has 1 aromatic rings. The van der Waals surface area contributed by atoms with Crippen molar-refractivity contribution in [2.24, 2.45) is 0 Å². The van der Waals surface area contributed by atoms with Gasteiger partial charge in [-0.1, -0.05) is 15.9 Å². The van der Waals surface area contributed by atoms with Gasteiger partial charge in [-0.3, -0.25) is 4.79 Å². The Labute approximate surface area is 109 Å². The summed E-state index contributed by atoms with van der Waals surface area (Å²) in [6.07, 6.45) is 0. The topological polar surface area (TPSA) is 40.5 Å². The zero-order valence-corrected chi connectivity index (χ0v) is 11.6. The summed E-state index contributed by atoms with van der Waals surface area (Å²) < 4.78 is 0.881. The molecule has 0 spiro atoms. The first-order valence-corrected chi connectivity index (χ1v) is 6.08. The van der Waals surface area contributed by atoms with Gasteiger partial charge in [0.2, 0.25) is 0 Å². The van der Waals surface area contributed by atoms with Gasteiger partial charge in [0, 0.05) is 16.4 Å². The van der Waals surface area contributed by atoms with Crippen LogP contribution < -0.4 is 0 Å². The molecule has 3 nitrogen and oxygen atoms in total. The molecule has 0 aliphatic rings. The first-order chi connectivity index (χ1) is 7.47. The van der Waals surface area contributed by atoms with Gasteiger partial charge < -0.3 is 10.0 Å². The smallest absolute Gasteiger partial charge is 0.255 e. The maximum atomic E-state index is 12.0. The monoisotopic (exact) mass is 303 g/mol. The molecule has 1 atom stereocenters. The van der Waals surface area contributed by atoms with E-state index >= 15 is 0 Å². The molecule has 0 fully saturated rings. The summed E-state index contributed by atoms with van der Waals surface area (Å²) in [4.78, 5) is 14.2. The number of likely N-dealkylation sites (N-methyl/N-ethyl adjacent to an activating group) is 1. The molecular weight excluding hydrogens is 290 g/mol. The van der Waals surface area contributed by atoms with E-state index in [9.17, 15) is 4.79 Å². The number of thiol groups is 1. The van der Waals surface area contributed by atoms with Gasteiger partial charge in [0.25, 0.3) is 5.91 Å². The lowest BCUT2D eigenvalue weighted by Crippen LogP contribution is -2.37. The second kappa shape index (κ2) is 5.70. The Morgan fingerprint density at radius 2 is 2.25 bits per heavy atom. The van der Waals surface area contributed by atoms with Crippen LogP contribution in [-0.4, -0.2) is 35.6 Å². The fraction of sp³-hybridized carbons (Fsp3) is 0.364. The van der Waals surface area contributed by atoms with Crippen molar-refractivity contribution in [1.29, 1.82) is 0 Å². The van der Waals surface area contributed by atoms with E-state index < -0.39 is 0 Å². The van der Waals surface area contributed by atoms with E-state index in [2.05, 4.69) is 28.6 Å². The van der Waals surface area contributed by atoms with Crippen LogP contribution in [0.4, 0.5) is 0 Å². The van der Waals surface area contributed by atoms with Crippen molar-refractivity contribution in [3.8, 4) is 0 Å². The van der Waals surface area contributed by atoms with Crippen LogP contribution in [0.3, 0.4) is 0 Å². The van der Waals surface area contributed by atoms with E-state index in [-0.39, 0.29) is 18.6 Å². The minimum Gasteiger partial charge on any atom is -0.394 e. The molecule has 0 aromatic heterocycles. The Hall–Kier alpha value is -0.520. The first kappa shape index (κ1) is 13.5. The number of aliphatic hydroxyl groups is 1. The fourth-order valence-corrected chi connectivity index (χ4v) is 2.05. The molecule has 16 heavy (non-hydrogen) atoms. The second-order valence-corrected chi connectivity index (χ2v) is 5.01. The summed E-state index contributed by atoms with van der Waals surface area (Å²) in [6.45, 7) is 1.73. The molecule has 0 saturated heterocycles. The average molecular weight is 304 g/mol. The van der Waals surface area contributed by atoms with E-state index in [0.717, 1.165) is 4.47 Å². The van der Waals surface area contributed by atoms with E-state index in [1.807, 2.05) is 0 Å². The molecule has 88 valence electrons. The Morgan fingerprint density at radius 1 is 1.62 bits per heavy atom. The number of benzene rings is 1. The molecule has 0 bridgehead atoms. The van der Waals surface area contributed by atoms with Crippen molar-refractivity contribution < 1.29 is 9.90 Å². The molecule has 0 aliphatic heterocycles. The molecule has 5 heteroatoms. The summed E-state index contributed by atoms with van der Waals surface area (Å²) in [5, 5.41) is 8.99. The average Bonchev–Trinajstić information content (AvgIpc) is 2.26. The van der Waals surface area contributed by atoms with Crippen LogP contribution in [0.5, 0.6) is 0 Å². The quantitative estimate of drug-likeness (QED) is 0.841. The van der Waals surface area contributed by atoms with Crippen molar-refractivity contribution in [2.75, 3.05) is 13.7 Å². The van der Waals surface area contributed by atoms with Crippen molar-refractivity contribution in [3.63, 3.8) is 0 Å². The molecule has 1 aromatic carbocycles. The summed E-state index contributed by atoms with van der Waals surface area (Å²) in [6, 6.07) is 5.08. The highest BCUT2D eigenvalue weighted by atomic mass is 79.9.